The summed E-state index contributed by atoms with van der Waals surface area (Å²) in [4.78, 5) is 40.6. The van der Waals surface area contributed by atoms with E-state index in [1.807, 2.05) is 6.92 Å². The fourth-order valence-electron chi connectivity index (χ4n) is 1.94. The van der Waals surface area contributed by atoms with Gasteiger partial charge in [-0.25, -0.2) is 14.6 Å². The Hall–Kier alpha value is -2.45. The second-order valence-electron chi connectivity index (χ2n) is 5.02. The van der Waals surface area contributed by atoms with E-state index in [4.69, 9.17) is 21.1 Å². The number of carbonyl (C=O) groups excluding carboxylic acids is 3. The van der Waals surface area contributed by atoms with Crippen LogP contribution >= 0.6 is 22.9 Å². The molecule has 9 heteroatoms. The number of pyridine rings is 1. The fourth-order valence-corrected chi connectivity index (χ4v) is 3.06. The Kier molecular flexibility index (Phi) is 7.11. The number of nitrogens with one attached hydrogen (secondary N) is 1. The molecule has 1 N–H and O–H groups in total. The molecule has 2 heterocycles. The summed E-state index contributed by atoms with van der Waals surface area (Å²) in [6, 6.07) is 4.58. The first-order chi connectivity index (χ1) is 12.4. The van der Waals surface area contributed by atoms with Crippen LogP contribution in [-0.4, -0.2) is 36.0 Å². The van der Waals surface area contributed by atoms with E-state index in [9.17, 15) is 14.4 Å². The van der Waals surface area contributed by atoms with Crippen molar-refractivity contribution in [2.24, 2.45) is 0 Å². The van der Waals surface area contributed by atoms with Crippen molar-refractivity contribution in [3.8, 4) is 0 Å². The van der Waals surface area contributed by atoms with Gasteiger partial charge < -0.3 is 14.8 Å². The molecule has 0 aliphatic heterocycles. The molecule has 0 saturated heterocycles. The van der Waals surface area contributed by atoms with Crippen molar-refractivity contribution < 1.29 is 23.9 Å². The lowest BCUT2D eigenvalue weighted by molar-refractivity contribution is -0.119. The predicted molar refractivity (Wildman–Crippen MR) is 97.8 cm³/mol. The van der Waals surface area contributed by atoms with Crippen molar-refractivity contribution in [1.29, 1.82) is 0 Å². The number of amides is 1. The number of ether oxygens (including phenoxy) is 2. The Balaban J connectivity index is 1.99. The summed E-state index contributed by atoms with van der Waals surface area (Å²) in [5.41, 5.74) is 0.467. The average Bonchev–Trinajstić information content (AvgIpc) is 3.03. The van der Waals surface area contributed by atoms with Gasteiger partial charge in [-0.2, -0.15) is 0 Å². The molecular formula is C17H17ClN2O5S. The fraction of sp³-hybridized carbons (Fsp3) is 0.294. The van der Waals surface area contributed by atoms with Crippen molar-refractivity contribution in [3.05, 3.63) is 45.6 Å². The first kappa shape index (κ1) is 19.9. The van der Waals surface area contributed by atoms with Gasteiger partial charge in [-0.15, -0.1) is 11.3 Å². The molecule has 0 spiro atoms. The van der Waals surface area contributed by atoms with Crippen LogP contribution in [0.4, 0.5) is 5.00 Å². The lowest BCUT2D eigenvalue weighted by atomic mass is 10.2. The number of carbonyl (C=O) groups is 3. The predicted octanol–water partition coefficient (Wildman–Crippen LogP) is 3.33. The van der Waals surface area contributed by atoms with Crippen LogP contribution in [-0.2, 0) is 20.7 Å². The van der Waals surface area contributed by atoms with Gasteiger partial charge in [0.2, 0.25) is 0 Å². The molecule has 2 rings (SSSR count). The molecule has 0 aliphatic carbocycles. The number of thiophene rings is 1. The van der Waals surface area contributed by atoms with E-state index in [-0.39, 0.29) is 22.9 Å². The number of aryl methyl sites for hydroxylation is 1. The van der Waals surface area contributed by atoms with E-state index in [1.165, 1.54) is 29.7 Å². The minimum atomic E-state index is -0.699. The van der Waals surface area contributed by atoms with Crippen LogP contribution in [0.1, 0.15) is 39.4 Å². The molecule has 0 bridgehead atoms. The Morgan fingerprint density at radius 1 is 1.19 bits per heavy atom. The zero-order valence-corrected chi connectivity index (χ0v) is 15.8. The maximum absolute atomic E-state index is 12.1. The minimum Gasteiger partial charge on any atom is -0.462 e. The van der Waals surface area contributed by atoms with E-state index in [2.05, 4.69) is 10.3 Å². The van der Waals surface area contributed by atoms with Crippen LogP contribution in [0.2, 0.25) is 5.15 Å². The van der Waals surface area contributed by atoms with E-state index in [1.54, 1.807) is 13.0 Å². The highest BCUT2D eigenvalue weighted by atomic mass is 35.5. The molecule has 0 unspecified atom stereocenters. The maximum atomic E-state index is 12.1. The van der Waals surface area contributed by atoms with Crippen molar-refractivity contribution in [1.82, 2.24) is 4.98 Å². The molecule has 1 amide bonds. The number of hydrogen-bond acceptors (Lipinski definition) is 7. The molecule has 0 atom stereocenters. The van der Waals surface area contributed by atoms with E-state index >= 15 is 0 Å². The van der Waals surface area contributed by atoms with Gasteiger partial charge in [-0.3, -0.25) is 4.79 Å². The zero-order chi connectivity index (χ0) is 19.1. The van der Waals surface area contributed by atoms with Crippen LogP contribution < -0.4 is 5.32 Å². The quantitative estimate of drug-likeness (QED) is 0.569. The number of nitrogens with zero attached hydrogens (tertiary/aromatic N) is 1. The minimum absolute atomic E-state index is 0.179. The molecular weight excluding hydrogens is 380 g/mol. The standard InChI is InChI=1S/C17H17ClN2O5S/c1-3-11-7-12(17(23)24-4-2)15(26-11)20-14(21)9-25-16(22)10-5-6-13(18)19-8-10/h5-8H,3-4,9H2,1-2H3,(H,20,21). The Bertz CT molecular complexity index is 804. The SMILES string of the molecule is CCOC(=O)c1cc(CC)sc1NC(=O)COC(=O)c1ccc(Cl)nc1. The number of anilines is 1. The Morgan fingerprint density at radius 3 is 2.58 bits per heavy atom. The third-order valence-electron chi connectivity index (χ3n) is 3.18. The first-order valence-corrected chi connectivity index (χ1v) is 9.02. The molecule has 2 aromatic rings. The van der Waals surface area contributed by atoms with Crippen molar-refractivity contribution in [2.75, 3.05) is 18.5 Å². The van der Waals surface area contributed by atoms with Crippen molar-refractivity contribution in [2.45, 2.75) is 20.3 Å². The van der Waals surface area contributed by atoms with Crippen LogP contribution in [0.3, 0.4) is 0 Å². The third-order valence-corrected chi connectivity index (χ3v) is 4.60. The summed E-state index contributed by atoms with van der Waals surface area (Å²) >= 11 is 6.92. The second-order valence-corrected chi connectivity index (χ2v) is 6.55. The van der Waals surface area contributed by atoms with Gasteiger partial charge in [0.1, 0.15) is 10.2 Å². The summed E-state index contributed by atoms with van der Waals surface area (Å²) in [5.74, 6) is -1.77. The van der Waals surface area contributed by atoms with Crippen LogP contribution in [0.25, 0.3) is 0 Å². The van der Waals surface area contributed by atoms with E-state index < -0.39 is 24.5 Å². The molecule has 0 aliphatic rings. The van der Waals surface area contributed by atoms with Gasteiger partial charge in [0.15, 0.2) is 6.61 Å². The van der Waals surface area contributed by atoms with Crippen molar-refractivity contribution >= 4 is 45.8 Å². The number of esters is 2. The summed E-state index contributed by atoms with van der Waals surface area (Å²) in [6.45, 7) is 3.38. The lowest BCUT2D eigenvalue weighted by Crippen LogP contribution is -2.21. The van der Waals surface area contributed by atoms with Gasteiger partial charge in [-0.05, 0) is 31.5 Å². The topological polar surface area (TPSA) is 94.6 Å². The first-order valence-electron chi connectivity index (χ1n) is 7.83. The largest absolute Gasteiger partial charge is 0.462 e. The molecule has 26 heavy (non-hydrogen) atoms. The average molecular weight is 397 g/mol. The van der Waals surface area contributed by atoms with Gasteiger partial charge >= 0.3 is 11.9 Å². The molecule has 7 nitrogen and oxygen atoms in total. The smallest absolute Gasteiger partial charge is 0.341 e. The lowest BCUT2D eigenvalue weighted by Gasteiger charge is -2.07. The molecule has 138 valence electrons. The van der Waals surface area contributed by atoms with Gasteiger partial charge in [0, 0.05) is 11.1 Å². The summed E-state index contributed by atoms with van der Waals surface area (Å²) in [5, 5.41) is 3.20. The van der Waals surface area contributed by atoms with Gasteiger partial charge in [-0.1, -0.05) is 18.5 Å². The number of rotatable bonds is 7. The van der Waals surface area contributed by atoms with Crippen LogP contribution in [0.5, 0.6) is 0 Å². The zero-order valence-electron chi connectivity index (χ0n) is 14.2. The monoisotopic (exact) mass is 396 g/mol. The molecule has 0 fully saturated rings. The number of aromatic nitrogens is 1. The summed E-state index contributed by atoms with van der Waals surface area (Å²) < 4.78 is 9.92. The number of halogens is 1. The number of hydrogen-bond donors (Lipinski definition) is 1. The van der Waals surface area contributed by atoms with Gasteiger partial charge in [0.25, 0.3) is 5.91 Å². The van der Waals surface area contributed by atoms with E-state index in [0.29, 0.717) is 11.4 Å². The van der Waals surface area contributed by atoms with Crippen molar-refractivity contribution in [3.63, 3.8) is 0 Å². The Morgan fingerprint density at radius 2 is 1.96 bits per heavy atom. The molecule has 2 aromatic heterocycles. The normalized spacial score (nSPS) is 10.3. The van der Waals surface area contributed by atoms with E-state index in [0.717, 1.165) is 4.88 Å². The Labute approximate surface area is 159 Å². The summed E-state index contributed by atoms with van der Waals surface area (Å²) in [7, 11) is 0. The van der Waals surface area contributed by atoms with Crippen LogP contribution in [0, 0.1) is 0 Å². The third kappa shape index (κ3) is 5.27. The summed E-state index contributed by atoms with van der Waals surface area (Å²) in [6.07, 6.45) is 1.97. The van der Waals surface area contributed by atoms with Crippen LogP contribution in [0.15, 0.2) is 24.4 Å². The maximum Gasteiger partial charge on any atom is 0.341 e. The molecule has 0 radical (unpaired) electrons. The highest BCUT2D eigenvalue weighted by molar-refractivity contribution is 7.16. The molecule has 0 saturated carbocycles. The highest BCUT2D eigenvalue weighted by Gasteiger charge is 2.19. The second kappa shape index (κ2) is 9.30. The highest BCUT2D eigenvalue weighted by Crippen LogP contribution is 2.29. The van der Waals surface area contributed by atoms with Gasteiger partial charge in [0.05, 0.1) is 17.7 Å². The molecule has 0 aromatic carbocycles.